The van der Waals surface area contributed by atoms with Gasteiger partial charge in [-0.05, 0) is 42.5 Å². The molecule has 2 heterocycles. The lowest BCUT2D eigenvalue weighted by molar-refractivity contribution is 0.104. The summed E-state index contributed by atoms with van der Waals surface area (Å²) in [5.41, 5.74) is 2.08. The van der Waals surface area contributed by atoms with Crippen LogP contribution < -0.4 is 4.74 Å². The van der Waals surface area contributed by atoms with Crippen molar-refractivity contribution in [1.82, 2.24) is 9.38 Å². The van der Waals surface area contributed by atoms with Gasteiger partial charge < -0.3 is 14.2 Å². The fourth-order valence-corrected chi connectivity index (χ4v) is 2.16. The predicted molar refractivity (Wildman–Crippen MR) is 83.2 cm³/mol. The second-order valence-electron chi connectivity index (χ2n) is 4.70. The number of rotatable bonds is 4. The van der Waals surface area contributed by atoms with Gasteiger partial charge in [-0.25, -0.2) is 4.98 Å². The number of phenolic OH excluding ortho intramolecular Hbond substituents is 1. The molecule has 0 aliphatic rings. The van der Waals surface area contributed by atoms with Gasteiger partial charge in [-0.15, -0.1) is 0 Å². The number of hydrogen-bond donors (Lipinski definition) is 1. The molecule has 0 aliphatic carbocycles. The molecule has 0 aliphatic heterocycles. The van der Waals surface area contributed by atoms with Crippen LogP contribution in [0.25, 0.3) is 11.7 Å². The van der Waals surface area contributed by atoms with Crippen molar-refractivity contribution in [3.05, 3.63) is 66.1 Å². The Bertz CT molecular complexity index is 865. The van der Waals surface area contributed by atoms with Crippen LogP contribution in [0.1, 0.15) is 16.1 Å². The van der Waals surface area contributed by atoms with E-state index in [1.54, 1.807) is 18.3 Å². The SMILES string of the molecule is COc1cc(C(=O)C=Cc2cnc3ccccn23)ccc1O. The molecular weight excluding hydrogens is 280 g/mol. The van der Waals surface area contributed by atoms with E-state index in [1.807, 2.05) is 28.8 Å². The molecule has 0 unspecified atom stereocenters. The van der Waals surface area contributed by atoms with Crippen molar-refractivity contribution in [2.75, 3.05) is 7.11 Å². The standard InChI is InChI=1S/C17H14N2O3/c1-22-16-10-12(5-7-15(16)21)14(20)8-6-13-11-18-17-4-2-3-9-19(13)17/h2-11,21H,1H3. The highest BCUT2D eigenvalue weighted by molar-refractivity contribution is 6.07. The van der Waals surface area contributed by atoms with Crippen LogP contribution in [0.4, 0.5) is 0 Å². The van der Waals surface area contributed by atoms with Crippen LogP contribution in [0.3, 0.4) is 0 Å². The lowest BCUT2D eigenvalue weighted by Crippen LogP contribution is -1.96. The summed E-state index contributed by atoms with van der Waals surface area (Å²) in [5, 5.41) is 9.55. The second kappa shape index (κ2) is 5.73. The Morgan fingerprint density at radius 1 is 1.32 bits per heavy atom. The molecular formula is C17H14N2O3. The van der Waals surface area contributed by atoms with Crippen molar-refractivity contribution in [3.63, 3.8) is 0 Å². The van der Waals surface area contributed by atoms with E-state index in [2.05, 4.69) is 4.98 Å². The number of allylic oxidation sites excluding steroid dienone is 1. The van der Waals surface area contributed by atoms with Crippen molar-refractivity contribution >= 4 is 17.5 Å². The number of aromatic hydroxyl groups is 1. The van der Waals surface area contributed by atoms with Crippen LogP contribution >= 0.6 is 0 Å². The number of benzene rings is 1. The van der Waals surface area contributed by atoms with Crippen molar-refractivity contribution in [1.29, 1.82) is 0 Å². The summed E-state index contributed by atoms with van der Waals surface area (Å²) in [6.45, 7) is 0. The maximum Gasteiger partial charge on any atom is 0.186 e. The number of aromatic nitrogens is 2. The Morgan fingerprint density at radius 2 is 2.18 bits per heavy atom. The van der Waals surface area contributed by atoms with Gasteiger partial charge in [0.2, 0.25) is 0 Å². The highest BCUT2D eigenvalue weighted by Crippen LogP contribution is 2.26. The number of methoxy groups -OCH3 is 1. The van der Waals surface area contributed by atoms with Gasteiger partial charge in [0.25, 0.3) is 0 Å². The zero-order chi connectivity index (χ0) is 15.5. The molecule has 3 rings (SSSR count). The summed E-state index contributed by atoms with van der Waals surface area (Å²) < 4.78 is 6.89. The minimum absolute atomic E-state index is 0.00446. The zero-order valence-electron chi connectivity index (χ0n) is 11.9. The number of hydrogen-bond acceptors (Lipinski definition) is 4. The van der Waals surface area contributed by atoms with Crippen molar-refractivity contribution < 1.29 is 14.6 Å². The highest BCUT2D eigenvalue weighted by atomic mass is 16.5. The van der Waals surface area contributed by atoms with Crippen LogP contribution in [0.15, 0.2) is 54.9 Å². The number of fused-ring (bicyclic) bond motifs is 1. The summed E-state index contributed by atoms with van der Waals surface area (Å²) in [6.07, 6.45) is 6.77. The molecule has 5 nitrogen and oxygen atoms in total. The molecule has 0 fully saturated rings. The molecule has 22 heavy (non-hydrogen) atoms. The summed E-state index contributed by atoms with van der Waals surface area (Å²) in [4.78, 5) is 16.5. The average Bonchev–Trinajstić information content (AvgIpc) is 2.96. The largest absolute Gasteiger partial charge is 0.504 e. The maximum atomic E-state index is 12.2. The molecule has 5 heteroatoms. The predicted octanol–water partition coefficient (Wildman–Crippen LogP) is 2.94. The van der Waals surface area contributed by atoms with E-state index in [4.69, 9.17) is 4.74 Å². The summed E-state index contributed by atoms with van der Waals surface area (Å²) >= 11 is 0. The van der Waals surface area contributed by atoms with E-state index in [0.29, 0.717) is 5.56 Å². The number of nitrogens with zero attached hydrogens (tertiary/aromatic N) is 2. The molecule has 0 bridgehead atoms. The van der Waals surface area contributed by atoms with Gasteiger partial charge in [0.15, 0.2) is 17.3 Å². The van der Waals surface area contributed by atoms with Gasteiger partial charge in [-0.2, -0.15) is 0 Å². The van der Waals surface area contributed by atoms with Gasteiger partial charge >= 0.3 is 0 Å². The van der Waals surface area contributed by atoms with Gasteiger partial charge in [-0.1, -0.05) is 6.07 Å². The number of pyridine rings is 1. The van der Waals surface area contributed by atoms with E-state index in [1.165, 1.54) is 25.3 Å². The quantitative estimate of drug-likeness (QED) is 0.593. The topological polar surface area (TPSA) is 63.8 Å². The molecule has 110 valence electrons. The summed E-state index contributed by atoms with van der Waals surface area (Å²) in [5.74, 6) is 0.100. The fourth-order valence-electron chi connectivity index (χ4n) is 2.16. The first-order valence-electron chi connectivity index (χ1n) is 6.70. The average molecular weight is 294 g/mol. The number of ketones is 1. The number of carbonyl (C=O) groups is 1. The normalized spacial score (nSPS) is 11.1. The number of ether oxygens (including phenoxy) is 1. The Balaban J connectivity index is 1.87. The summed E-state index contributed by atoms with van der Waals surface area (Å²) in [7, 11) is 1.44. The van der Waals surface area contributed by atoms with Crippen molar-refractivity contribution in [3.8, 4) is 11.5 Å². The highest BCUT2D eigenvalue weighted by Gasteiger charge is 2.07. The van der Waals surface area contributed by atoms with Crippen LogP contribution in [-0.2, 0) is 0 Å². The Kier molecular flexibility index (Phi) is 3.62. The molecule has 0 radical (unpaired) electrons. The van der Waals surface area contributed by atoms with Crippen LogP contribution in [-0.4, -0.2) is 27.4 Å². The third-order valence-corrected chi connectivity index (χ3v) is 3.32. The fraction of sp³-hybridized carbons (Fsp3) is 0.0588. The number of imidazole rings is 1. The third kappa shape index (κ3) is 2.56. The maximum absolute atomic E-state index is 12.2. The minimum Gasteiger partial charge on any atom is -0.504 e. The van der Waals surface area contributed by atoms with Crippen LogP contribution in [0.2, 0.25) is 0 Å². The molecule has 0 spiro atoms. The first-order chi connectivity index (χ1) is 10.7. The Labute approximate surface area is 127 Å². The van der Waals surface area contributed by atoms with Crippen LogP contribution in [0, 0.1) is 0 Å². The zero-order valence-corrected chi connectivity index (χ0v) is 11.9. The Morgan fingerprint density at radius 3 is 3.00 bits per heavy atom. The van der Waals surface area contributed by atoms with E-state index >= 15 is 0 Å². The molecule has 0 saturated carbocycles. The van der Waals surface area contributed by atoms with Gasteiger partial charge in [0.05, 0.1) is 19.0 Å². The van der Waals surface area contributed by atoms with Gasteiger partial charge in [-0.3, -0.25) is 4.79 Å². The molecule has 0 amide bonds. The molecule has 1 aromatic carbocycles. The van der Waals surface area contributed by atoms with Crippen LogP contribution in [0.5, 0.6) is 11.5 Å². The third-order valence-electron chi connectivity index (χ3n) is 3.32. The molecule has 3 aromatic rings. The van der Waals surface area contributed by atoms with Crippen molar-refractivity contribution in [2.24, 2.45) is 0 Å². The van der Waals surface area contributed by atoms with E-state index in [9.17, 15) is 9.90 Å². The van der Waals surface area contributed by atoms with Gasteiger partial charge in [0, 0.05) is 11.8 Å². The number of phenols is 1. The molecule has 0 saturated heterocycles. The lowest BCUT2D eigenvalue weighted by atomic mass is 10.1. The minimum atomic E-state index is -0.177. The first kappa shape index (κ1) is 13.9. The second-order valence-corrected chi connectivity index (χ2v) is 4.70. The smallest absolute Gasteiger partial charge is 0.186 e. The van der Waals surface area contributed by atoms with Gasteiger partial charge in [0.1, 0.15) is 5.65 Å². The van der Waals surface area contributed by atoms with E-state index in [0.717, 1.165) is 11.3 Å². The lowest BCUT2D eigenvalue weighted by Gasteiger charge is -2.04. The first-order valence-corrected chi connectivity index (χ1v) is 6.70. The summed E-state index contributed by atoms with van der Waals surface area (Å²) in [6, 6.07) is 10.2. The molecule has 1 N–H and O–H groups in total. The van der Waals surface area contributed by atoms with E-state index < -0.39 is 0 Å². The molecule has 2 aromatic heterocycles. The Hall–Kier alpha value is -3.08. The number of carbonyl (C=O) groups excluding carboxylic acids is 1. The monoisotopic (exact) mass is 294 g/mol. The van der Waals surface area contributed by atoms with Crippen molar-refractivity contribution in [2.45, 2.75) is 0 Å². The van der Waals surface area contributed by atoms with E-state index in [-0.39, 0.29) is 17.3 Å². The molecule has 0 atom stereocenters.